The Morgan fingerprint density at radius 3 is 2.62 bits per heavy atom. The maximum absolute atomic E-state index is 12.2. The van der Waals surface area contributed by atoms with Gasteiger partial charge in [0.25, 0.3) is 5.91 Å². The van der Waals surface area contributed by atoms with Gasteiger partial charge in [0.15, 0.2) is 0 Å². The minimum Gasteiger partial charge on any atom is -0.466 e. The van der Waals surface area contributed by atoms with E-state index in [0.717, 1.165) is 21.1 Å². The third-order valence-corrected chi connectivity index (χ3v) is 4.91. The van der Waals surface area contributed by atoms with Crippen molar-refractivity contribution < 1.29 is 14.3 Å². The van der Waals surface area contributed by atoms with E-state index in [1.807, 2.05) is 49.4 Å². The Labute approximate surface area is 144 Å². The van der Waals surface area contributed by atoms with Gasteiger partial charge in [-0.2, -0.15) is 0 Å². The molecule has 5 heteroatoms. The number of hydrogen-bond donors (Lipinski definition) is 2. The molecule has 2 heterocycles. The van der Waals surface area contributed by atoms with Crippen LogP contribution >= 0.6 is 11.3 Å². The molecule has 3 aromatic rings. The van der Waals surface area contributed by atoms with Crippen LogP contribution in [0.25, 0.3) is 0 Å². The van der Waals surface area contributed by atoms with Crippen molar-refractivity contribution in [2.24, 2.45) is 0 Å². The maximum Gasteiger partial charge on any atom is 0.255 e. The number of hydrogen-bond acceptors (Lipinski definition) is 4. The van der Waals surface area contributed by atoms with E-state index in [1.54, 1.807) is 13.0 Å². The fourth-order valence-corrected chi connectivity index (χ4v) is 3.52. The lowest BCUT2D eigenvalue weighted by atomic mass is 10.1. The van der Waals surface area contributed by atoms with E-state index < -0.39 is 6.10 Å². The van der Waals surface area contributed by atoms with Crippen LogP contribution in [0.1, 0.15) is 43.3 Å². The van der Waals surface area contributed by atoms with Crippen LogP contribution in [0.3, 0.4) is 0 Å². The second-order valence-electron chi connectivity index (χ2n) is 5.63. The molecule has 0 spiro atoms. The number of carbonyl (C=O) groups excluding carboxylic acids is 1. The van der Waals surface area contributed by atoms with Crippen molar-refractivity contribution in [1.29, 1.82) is 0 Å². The lowest BCUT2D eigenvalue weighted by Crippen LogP contribution is -2.22. The molecule has 0 aliphatic rings. The summed E-state index contributed by atoms with van der Waals surface area (Å²) in [6.45, 7) is 4.02. The van der Waals surface area contributed by atoms with Crippen molar-refractivity contribution >= 4 is 17.2 Å². The number of thiophene rings is 1. The summed E-state index contributed by atoms with van der Waals surface area (Å²) < 4.78 is 5.38. The summed E-state index contributed by atoms with van der Waals surface area (Å²) in [5.74, 6) is 1.20. The highest BCUT2D eigenvalue weighted by Crippen LogP contribution is 2.28. The van der Waals surface area contributed by atoms with Gasteiger partial charge in [-0.15, -0.1) is 11.3 Å². The summed E-state index contributed by atoms with van der Waals surface area (Å²) in [6.07, 6.45) is -0.639. The summed E-state index contributed by atoms with van der Waals surface area (Å²) >= 11 is 1.49. The van der Waals surface area contributed by atoms with Crippen molar-refractivity contribution in [1.82, 2.24) is 5.32 Å². The summed E-state index contributed by atoms with van der Waals surface area (Å²) in [6, 6.07) is 15.1. The van der Waals surface area contributed by atoms with Gasteiger partial charge in [-0.25, -0.2) is 0 Å². The van der Waals surface area contributed by atoms with Gasteiger partial charge < -0.3 is 14.8 Å². The molecule has 0 aliphatic carbocycles. The Hall–Kier alpha value is -2.37. The van der Waals surface area contributed by atoms with Crippen LogP contribution in [0.2, 0.25) is 0 Å². The zero-order chi connectivity index (χ0) is 17.1. The number of carbonyl (C=O) groups is 1. The number of furan rings is 1. The molecule has 1 aromatic carbocycles. The monoisotopic (exact) mass is 341 g/mol. The topological polar surface area (TPSA) is 62.5 Å². The van der Waals surface area contributed by atoms with Gasteiger partial charge in [-0.05, 0) is 37.6 Å². The molecule has 2 aromatic heterocycles. The number of benzene rings is 1. The maximum atomic E-state index is 12.2. The molecule has 0 saturated carbocycles. The summed E-state index contributed by atoms with van der Waals surface area (Å²) in [5, 5.41) is 13.3. The van der Waals surface area contributed by atoms with Crippen LogP contribution in [-0.4, -0.2) is 11.0 Å². The molecule has 1 unspecified atom stereocenters. The number of aryl methyl sites for hydroxylation is 2. The second-order valence-corrected chi connectivity index (χ2v) is 6.83. The average Bonchev–Trinajstić information content (AvgIpc) is 3.19. The van der Waals surface area contributed by atoms with Crippen LogP contribution in [0.5, 0.6) is 0 Å². The van der Waals surface area contributed by atoms with Crippen molar-refractivity contribution in [2.75, 3.05) is 0 Å². The van der Waals surface area contributed by atoms with E-state index in [4.69, 9.17) is 4.42 Å². The summed E-state index contributed by atoms with van der Waals surface area (Å²) in [7, 11) is 0. The van der Waals surface area contributed by atoms with Gasteiger partial charge in [0.2, 0.25) is 0 Å². The highest BCUT2D eigenvalue weighted by molar-refractivity contribution is 7.12. The molecule has 0 bridgehead atoms. The normalized spacial score (nSPS) is 12.1. The van der Waals surface area contributed by atoms with Gasteiger partial charge >= 0.3 is 0 Å². The van der Waals surface area contributed by atoms with Crippen LogP contribution in [-0.2, 0) is 6.54 Å². The Bertz CT molecular complexity index is 835. The van der Waals surface area contributed by atoms with Gasteiger partial charge in [0, 0.05) is 9.75 Å². The summed E-state index contributed by atoms with van der Waals surface area (Å²) in [5.41, 5.74) is 1.42. The van der Waals surface area contributed by atoms with Crippen molar-refractivity contribution in [3.05, 3.63) is 80.9 Å². The smallest absolute Gasteiger partial charge is 0.255 e. The average molecular weight is 341 g/mol. The number of aliphatic hydroxyl groups excluding tert-OH is 1. The molecule has 1 amide bonds. The van der Waals surface area contributed by atoms with E-state index >= 15 is 0 Å². The third kappa shape index (κ3) is 3.58. The van der Waals surface area contributed by atoms with Crippen LogP contribution in [0, 0.1) is 13.8 Å². The van der Waals surface area contributed by atoms with E-state index in [2.05, 4.69) is 5.32 Å². The molecule has 1 atom stereocenters. The van der Waals surface area contributed by atoms with Gasteiger partial charge in [-0.3, -0.25) is 4.79 Å². The largest absolute Gasteiger partial charge is 0.466 e. The lowest BCUT2D eigenvalue weighted by molar-refractivity contribution is 0.0950. The first-order chi connectivity index (χ1) is 11.5. The van der Waals surface area contributed by atoms with Crippen LogP contribution < -0.4 is 5.32 Å². The Balaban J connectivity index is 1.64. The predicted octanol–water partition coefficient (Wildman–Crippen LogP) is 3.97. The van der Waals surface area contributed by atoms with Gasteiger partial charge in [0.1, 0.15) is 17.6 Å². The molecule has 3 rings (SSSR count). The number of nitrogens with one attached hydrogen (secondary N) is 1. The fraction of sp³-hybridized carbons (Fsp3) is 0.211. The zero-order valence-corrected chi connectivity index (χ0v) is 14.4. The number of rotatable bonds is 5. The highest BCUT2D eigenvalue weighted by Gasteiger charge is 2.15. The molecule has 0 radical (unpaired) electrons. The Morgan fingerprint density at radius 2 is 1.96 bits per heavy atom. The third-order valence-electron chi connectivity index (χ3n) is 3.78. The highest BCUT2D eigenvalue weighted by atomic mass is 32.1. The first kappa shape index (κ1) is 16.5. The zero-order valence-electron chi connectivity index (χ0n) is 13.6. The minimum absolute atomic E-state index is 0.150. The molecule has 0 aliphatic heterocycles. The molecular weight excluding hydrogens is 322 g/mol. The lowest BCUT2D eigenvalue weighted by Gasteiger charge is -2.08. The van der Waals surface area contributed by atoms with Crippen LogP contribution in [0.15, 0.2) is 52.9 Å². The molecule has 4 nitrogen and oxygen atoms in total. The number of aliphatic hydroxyl groups is 1. The van der Waals surface area contributed by atoms with Crippen molar-refractivity contribution in [3.63, 3.8) is 0 Å². The second kappa shape index (κ2) is 7.03. The Kier molecular flexibility index (Phi) is 4.83. The van der Waals surface area contributed by atoms with Gasteiger partial charge in [-0.1, -0.05) is 30.3 Å². The first-order valence-electron chi connectivity index (χ1n) is 7.71. The van der Waals surface area contributed by atoms with Crippen molar-refractivity contribution in [2.45, 2.75) is 26.5 Å². The molecule has 24 heavy (non-hydrogen) atoms. The van der Waals surface area contributed by atoms with Gasteiger partial charge in [0.05, 0.1) is 12.1 Å². The first-order valence-corrected chi connectivity index (χ1v) is 8.53. The molecule has 124 valence electrons. The van der Waals surface area contributed by atoms with E-state index in [9.17, 15) is 9.90 Å². The molecule has 2 N–H and O–H groups in total. The number of amides is 1. The van der Waals surface area contributed by atoms with E-state index in [1.165, 1.54) is 11.3 Å². The van der Waals surface area contributed by atoms with Crippen LogP contribution in [0.4, 0.5) is 0 Å². The molecular formula is C19H19NO3S. The Morgan fingerprint density at radius 1 is 1.21 bits per heavy atom. The van der Waals surface area contributed by atoms with E-state index in [-0.39, 0.29) is 5.91 Å². The quantitative estimate of drug-likeness (QED) is 0.738. The molecule has 0 fully saturated rings. The van der Waals surface area contributed by atoms with E-state index in [0.29, 0.717) is 17.9 Å². The fourth-order valence-electron chi connectivity index (χ4n) is 2.55. The SMILES string of the molecule is Cc1cc(C(=O)NCc2ccc(C(O)c3ccccc3)s2)c(C)o1. The summed E-state index contributed by atoms with van der Waals surface area (Å²) in [4.78, 5) is 14.1. The standard InChI is InChI=1S/C19H19NO3S/c1-12-10-16(13(2)23-12)19(22)20-11-15-8-9-17(24-15)18(21)14-6-4-3-5-7-14/h3-10,18,21H,11H2,1-2H3,(H,20,22). The van der Waals surface area contributed by atoms with Crippen molar-refractivity contribution in [3.8, 4) is 0 Å². The minimum atomic E-state index is -0.639. The molecule has 0 saturated heterocycles. The predicted molar refractivity (Wildman–Crippen MR) is 94.2 cm³/mol.